The van der Waals surface area contributed by atoms with Crippen LogP contribution in [0.25, 0.3) is 0 Å². The van der Waals surface area contributed by atoms with Crippen LogP contribution in [0.4, 0.5) is 0 Å². The second kappa shape index (κ2) is 5.25. The molecular formula is C16H18BrN. The normalized spacial score (nSPS) is 12.5. The maximum atomic E-state index is 6.42. The molecule has 0 radical (unpaired) electrons. The zero-order valence-corrected chi connectivity index (χ0v) is 12.6. The second-order valence-electron chi connectivity index (χ2n) is 4.84. The first kappa shape index (κ1) is 13.3. The van der Waals surface area contributed by atoms with Crippen LogP contribution in [0.15, 0.2) is 40.9 Å². The SMILES string of the molecule is Cc1ccc(C)c(C(N)c2ccc(Br)cc2C)c1. The van der Waals surface area contributed by atoms with Gasteiger partial charge in [0.2, 0.25) is 0 Å². The summed E-state index contributed by atoms with van der Waals surface area (Å²) >= 11 is 3.49. The third-order valence-corrected chi connectivity index (χ3v) is 3.83. The van der Waals surface area contributed by atoms with Crippen molar-refractivity contribution in [3.63, 3.8) is 0 Å². The van der Waals surface area contributed by atoms with Crippen LogP contribution in [0, 0.1) is 20.8 Å². The summed E-state index contributed by atoms with van der Waals surface area (Å²) in [6.07, 6.45) is 0. The first-order valence-corrected chi connectivity index (χ1v) is 6.87. The molecule has 2 heteroatoms. The van der Waals surface area contributed by atoms with Crippen LogP contribution in [0.2, 0.25) is 0 Å². The van der Waals surface area contributed by atoms with Crippen molar-refractivity contribution in [2.75, 3.05) is 0 Å². The van der Waals surface area contributed by atoms with Gasteiger partial charge in [0, 0.05) is 4.47 Å². The standard InChI is InChI=1S/C16H18BrN/c1-10-4-5-11(2)15(8-10)16(18)14-7-6-13(17)9-12(14)3/h4-9,16H,18H2,1-3H3. The molecule has 0 bridgehead atoms. The van der Waals surface area contributed by atoms with Gasteiger partial charge in [-0.3, -0.25) is 0 Å². The molecular weight excluding hydrogens is 286 g/mol. The summed E-state index contributed by atoms with van der Waals surface area (Å²) in [6, 6.07) is 12.7. The Bertz CT molecular complexity index is 575. The Hall–Kier alpha value is -1.12. The summed E-state index contributed by atoms with van der Waals surface area (Å²) in [5.74, 6) is 0. The largest absolute Gasteiger partial charge is 0.320 e. The van der Waals surface area contributed by atoms with Gasteiger partial charge in [-0.05, 0) is 55.2 Å². The number of nitrogens with two attached hydrogens (primary N) is 1. The van der Waals surface area contributed by atoms with E-state index >= 15 is 0 Å². The lowest BCUT2D eigenvalue weighted by atomic mass is 9.92. The monoisotopic (exact) mass is 303 g/mol. The van der Waals surface area contributed by atoms with Crippen LogP contribution in [0.5, 0.6) is 0 Å². The molecule has 0 saturated heterocycles. The number of benzene rings is 2. The van der Waals surface area contributed by atoms with E-state index in [4.69, 9.17) is 5.73 Å². The summed E-state index contributed by atoms with van der Waals surface area (Å²) in [5, 5.41) is 0. The highest BCUT2D eigenvalue weighted by atomic mass is 79.9. The van der Waals surface area contributed by atoms with Gasteiger partial charge >= 0.3 is 0 Å². The predicted octanol–water partition coefficient (Wildman–Crippen LogP) is 4.42. The Morgan fingerprint density at radius 1 is 0.889 bits per heavy atom. The van der Waals surface area contributed by atoms with Crippen molar-refractivity contribution in [1.29, 1.82) is 0 Å². The van der Waals surface area contributed by atoms with E-state index < -0.39 is 0 Å². The summed E-state index contributed by atoms with van der Waals surface area (Å²) in [7, 11) is 0. The Balaban J connectivity index is 2.47. The predicted molar refractivity (Wildman–Crippen MR) is 80.8 cm³/mol. The van der Waals surface area contributed by atoms with Crippen molar-refractivity contribution in [2.24, 2.45) is 5.73 Å². The zero-order chi connectivity index (χ0) is 13.3. The third kappa shape index (κ3) is 2.65. The van der Waals surface area contributed by atoms with E-state index in [0.29, 0.717) is 0 Å². The lowest BCUT2D eigenvalue weighted by Crippen LogP contribution is -2.14. The van der Waals surface area contributed by atoms with E-state index in [9.17, 15) is 0 Å². The quantitative estimate of drug-likeness (QED) is 0.873. The van der Waals surface area contributed by atoms with Crippen LogP contribution in [-0.2, 0) is 0 Å². The highest BCUT2D eigenvalue weighted by Gasteiger charge is 2.13. The van der Waals surface area contributed by atoms with Gasteiger partial charge in [0.25, 0.3) is 0 Å². The topological polar surface area (TPSA) is 26.0 Å². The van der Waals surface area contributed by atoms with Crippen molar-refractivity contribution in [3.05, 3.63) is 68.7 Å². The molecule has 0 aliphatic heterocycles. The van der Waals surface area contributed by atoms with Crippen molar-refractivity contribution >= 4 is 15.9 Å². The molecule has 1 nitrogen and oxygen atoms in total. The van der Waals surface area contributed by atoms with Gasteiger partial charge in [0.1, 0.15) is 0 Å². The minimum atomic E-state index is -0.0574. The lowest BCUT2D eigenvalue weighted by Gasteiger charge is -2.18. The molecule has 0 heterocycles. The summed E-state index contributed by atoms with van der Waals surface area (Å²) in [5.41, 5.74) is 12.5. The van der Waals surface area contributed by atoms with E-state index in [-0.39, 0.29) is 6.04 Å². The fourth-order valence-corrected chi connectivity index (χ4v) is 2.73. The molecule has 2 aromatic rings. The summed E-state index contributed by atoms with van der Waals surface area (Å²) in [6.45, 7) is 6.32. The van der Waals surface area contributed by atoms with Crippen LogP contribution in [0.3, 0.4) is 0 Å². The van der Waals surface area contributed by atoms with Crippen LogP contribution < -0.4 is 5.73 Å². The fourth-order valence-electron chi connectivity index (χ4n) is 2.25. The molecule has 1 unspecified atom stereocenters. The molecule has 2 N–H and O–H groups in total. The van der Waals surface area contributed by atoms with Crippen molar-refractivity contribution in [1.82, 2.24) is 0 Å². The number of hydrogen-bond donors (Lipinski definition) is 1. The molecule has 0 saturated carbocycles. The highest BCUT2D eigenvalue weighted by Crippen LogP contribution is 2.27. The van der Waals surface area contributed by atoms with Gasteiger partial charge in [-0.1, -0.05) is 45.8 Å². The van der Waals surface area contributed by atoms with Crippen LogP contribution in [0.1, 0.15) is 33.9 Å². The molecule has 1 atom stereocenters. The number of rotatable bonds is 2. The fraction of sp³-hybridized carbons (Fsp3) is 0.250. The van der Waals surface area contributed by atoms with E-state index in [1.165, 1.54) is 27.8 Å². The molecule has 0 amide bonds. The molecule has 2 rings (SSSR count). The first-order valence-electron chi connectivity index (χ1n) is 6.08. The highest BCUT2D eigenvalue weighted by molar-refractivity contribution is 9.10. The smallest absolute Gasteiger partial charge is 0.0556 e. The second-order valence-corrected chi connectivity index (χ2v) is 5.75. The Morgan fingerprint density at radius 2 is 1.61 bits per heavy atom. The Labute approximate surface area is 117 Å². The maximum Gasteiger partial charge on any atom is 0.0556 e. The molecule has 0 aromatic heterocycles. The van der Waals surface area contributed by atoms with Gasteiger partial charge in [0.05, 0.1) is 6.04 Å². The van der Waals surface area contributed by atoms with E-state index in [2.05, 4.69) is 67.0 Å². The molecule has 0 spiro atoms. The van der Waals surface area contributed by atoms with Gasteiger partial charge in [-0.25, -0.2) is 0 Å². The lowest BCUT2D eigenvalue weighted by molar-refractivity contribution is 0.850. The number of halogens is 1. The van der Waals surface area contributed by atoms with Crippen LogP contribution >= 0.6 is 15.9 Å². The minimum Gasteiger partial charge on any atom is -0.320 e. The molecule has 2 aromatic carbocycles. The van der Waals surface area contributed by atoms with E-state index in [1.807, 2.05) is 6.07 Å². The average molecular weight is 304 g/mol. The van der Waals surface area contributed by atoms with E-state index in [1.54, 1.807) is 0 Å². The molecule has 18 heavy (non-hydrogen) atoms. The summed E-state index contributed by atoms with van der Waals surface area (Å²) in [4.78, 5) is 0. The number of hydrogen-bond acceptors (Lipinski definition) is 1. The van der Waals surface area contributed by atoms with Gasteiger partial charge in [-0.2, -0.15) is 0 Å². The van der Waals surface area contributed by atoms with Gasteiger partial charge < -0.3 is 5.73 Å². The van der Waals surface area contributed by atoms with Crippen molar-refractivity contribution in [2.45, 2.75) is 26.8 Å². The minimum absolute atomic E-state index is 0.0574. The Morgan fingerprint density at radius 3 is 2.28 bits per heavy atom. The molecule has 0 fully saturated rings. The third-order valence-electron chi connectivity index (χ3n) is 3.34. The molecule has 0 aliphatic rings. The van der Waals surface area contributed by atoms with Crippen molar-refractivity contribution < 1.29 is 0 Å². The van der Waals surface area contributed by atoms with E-state index in [0.717, 1.165) is 4.47 Å². The number of aryl methyl sites for hydroxylation is 3. The van der Waals surface area contributed by atoms with Gasteiger partial charge in [0.15, 0.2) is 0 Å². The summed E-state index contributed by atoms with van der Waals surface area (Å²) < 4.78 is 1.09. The van der Waals surface area contributed by atoms with Crippen molar-refractivity contribution in [3.8, 4) is 0 Å². The Kier molecular flexibility index (Phi) is 3.88. The maximum absolute atomic E-state index is 6.42. The van der Waals surface area contributed by atoms with Crippen LogP contribution in [-0.4, -0.2) is 0 Å². The molecule has 94 valence electrons. The van der Waals surface area contributed by atoms with Gasteiger partial charge in [-0.15, -0.1) is 0 Å². The zero-order valence-electron chi connectivity index (χ0n) is 11.0. The average Bonchev–Trinajstić information content (AvgIpc) is 2.31. The first-order chi connectivity index (χ1) is 8.49. The molecule has 0 aliphatic carbocycles.